The Hall–Kier alpha value is -3.22. The van der Waals surface area contributed by atoms with Gasteiger partial charge in [-0.3, -0.25) is 4.79 Å². The molecule has 0 aliphatic rings. The standard InChI is InChI=1S/C21H25NO6/c1-14(20(23)22-13-16-7-5-6-8-19(16)26-4)28-21(24)15(2)27-18-11-9-17(25-3)10-12-18/h5-12,14-15H,13H2,1-4H3,(H,22,23). The normalized spacial score (nSPS) is 12.4. The van der Waals surface area contributed by atoms with Crippen molar-refractivity contribution in [2.24, 2.45) is 0 Å². The maximum absolute atomic E-state index is 12.2. The molecule has 1 amide bonds. The summed E-state index contributed by atoms with van der Waals surface area (Å²) in [5.41, 5.74) is 0.827. The van der Waals surface area contributed by atoms with Crippen LogP contribution in [0.1, 0.15) is 19.4 Å². The van der Waals surface area contributed by atoms with Crippen LogP contribution in [0.25, 0.3) is 0 Å². The van der Waals surface area contributed by atoms with Crippen molar-refractivity contribution in [3.8, 4) is 17.2 Å². The third-order valence-electron chi connectivity index (χ3n) is 4.01. The van der Waals surface area contributed by atoms with E-state index in [1.54, 1.807) is 45.4 Å². The molecule has 0 saturated heterocycles. The third kappa shape index (κ3) is 5.90. The van der Waals surface area contributed by atoms with Crippen molar-refractivity contribution < 1.29 is 28.5 Å². The van der Waals surface area contributed by atoms with E-state index in [1.807, 2.05) is 24.3 Å². The number of amides is 1. The van der Waals surface area contributed by atoms with Gasteiger partial charge in [-0.25, -0.2) is 4.79 Å². The van der Waals surface area contributed by atoms with E-state index in [4.69, 9.17) is 18.9 Å². The molecule has 7 nitrogen and oxygen atoms in total. The number of rotatable bonds is 9. The number of para-hydroxylation sites is 1. The second-order valence-corrected chi connectivity index (χ2v) is 6.04. The fourth-order valence-electron chi connectivity index (χ4n) is 2.41. The topological polar surface area (TPSA) is 83.1 Å². The van der Waals surface area contributed by atoms with Crippen molar-refractivity contribution in [3.05, 3.63) is 54.1 Å². The molecule has 0 saturated carbocycles. The average molecular weight is 387 g/mol. The molecular formula is C21H25NO6. The number of carbonyl (C=O) groups excluding carboxylic acids is 2. The van der Waals surface area contributed by atoms with Crippen LogP contribution in [-0.2, 0) is 20.9 Å². The minimum atomic E-state index is -0.955. The lowest BCUT2D eigenvalue weighted by molar-refractivity contribution is -0.160. The van der Waals surface area contributed by atoms with Crippen molar-refractivity contribution in [2.75, 3.05) is 14.2 Å². The molecule has 2 rings (SSSR count). The number of carbonyl (C=O) groups is 2. The van der Waals surface area contributed by atoms with Gasteiger partial charge in [0.2, 0.25) is 0 Å². The lowest BCUT2D eigenvalue weighted by atomic mass is 10.2. The molecule has 0 radical (unpaired) electrons. The zero-order valence-corrected chi connectivity index (χ0v) is 16.4. The van der Waals surface area contributed by atoms with E-state index in [0.29, 0.717) is 17.2 Å². The summed E-state index contributed by atoms with van der Waals surface area (Å²) in [5, 5.41) is 2.73. The molecule has 0 heterocycles. The van der Waals surface area contributed by atoms with Gasteiger partial charge in [0.1, 0.15) is 17.2 Å². The summed E-state index contributed by atoms with van der Waals surface area (Å²) in [6.45, 7) is 3.34. The first-order valence-corrected chi connectivity index (χ1v) is 8.85. The summed E-state index contributed by atoms with van der Waals surface area (Å²) in [4.78, 5) is 24.4. The molecule has 1 N–H and O–H groups in total. The Bertz CT molecular complexity index is 790. The minimum Gasteiger partial charge on any atom is -0.497 e. The summed E-state index contributed by atoms with van der Waals surface area (Å²) < 4.78 is 21.1. The van der Waals surface area contributed by atoms with Gasteiger partial charge in [-0.05, 0) is 44.2 Å². The van der Waals surface area contributed by atoms with Gasteiger partial charge >= 0.3 is 5.97 Å². The summed E-state index contributed by atoms with van der Waals surface area (Å²) in [7, 11) is 3.13. The lowest BCUT2D eigenvalue weighted by Crippen LogP contribution is -2.38. The molecule has 2 aromatic carbocycles. The van der Waals surface area contributed by atoms with Crippen molar-refractivity contribution >= 4 is 11.9 Å². The van der Waals surface area contributed by atoms with Gasteiger partial charge in [-0.15, -0.1) is 0 Å². The van der Waals surface area contributed by atoms with E-state index in [0.717, 1.165) is 5.56 Å². The van der Waals surface area contributed by atoms with Gasteiger partial charge in [-0.1, -0.05) is 18.2 Å². The van der Waals surface area contributed by atoms with Crippen LogP contribution in [0, 0.1) is 0 Å². The first-order chi connectivity index (χ1) is 13.4. The molecule has 150 valence electrons. The van der Waals surface area contributed by atoms with E-state index < -0.39 is 24.1 Å². The molecule has 0 aromatic heterocycles. The van der Waals surface area contributed by atoms with E-state index >= 15 is 0 Å². The Morgan fingerprint density at radius 2 is 1.54 bits per heavy atom. The summed E-state index contributed by atoms with van der Waals surface area (Å²) >= 11 is 0. The third-order valence-corrected chi connectivity index (χ3v) is 4.01. The van der Waals surface area contributed by atoms with Gasteiger partial charge in [0.05, 0.1) is 14.2 Å². The molecule has 2 atom stereocenters. The van der Waals surface area contributed by atoms with Gasteiger partial charge in [0.25, 0.3) is 5.91 Å². The Morgan fingerprint density at radius 1 is 0.893 bits per heavy atom. The van der Waals surface area contributed by atoms with E-state index in [-0.39, 0.29) is 6.54 Å². The second kappa shape index (κ2) is 10.2. The number of hydrogen-bond donors (Lipinski definition) is 1. The van der Waals surface area contributed by atoms with Gasteiger partial charge in [0, 0.05) is 12.1 Å². The fraction of sp³-hybridized carbons (Fsp3) is 0.333. The monoisotopic (exact) mass is 387 g/mol. The predicted octanol–water partition coefficient (Wildman–Crippen LogP) is 2.72. The number of nitrogens with one attached hydrogen (secondary N) is 1. The van der Waals surface area contributed by atoms with Gasteiger partial charge < -0.3 is 24.3 Å². The summed E-state index contributed by atoms with van der Waals surface area (Å²) in [6.07, 6.45) is -1.82. The molecule has 2 unspecified atom stereocenters. The molecule has 0 aliphatic heterocycles. The Balaban J connectivity index is 1.83. The Kier molecular flexibility index (Phi) is 7.68. The van der Waals surface area contributed by atoms with Crippen LogP contribution >= 0.6 is 0 Å². The van der Waals surface area contributed by atoms with Crippen molar-refractivity contribution in [3.63, 3.8) is 0 Å². The van der Waals surface area contributed by atoms with E-state index in [1.165, 1.54) is 6.92 Å². The molecule has 28 heavy (non-hydrogen) atoms. The van der Waals surface area contributed by atoms with Crippen LogP contribution in [0.5, 0.6) is 17.2 Å². The fourth-order valence-corrected chi connectivity index (χ4v) is 2.41. The SMILES string of the molecule is COc1ccc(OC(C)C(=O)OC(C)C(=O)NCc2ccccc2OC)cc1. The minimum absolute atomic E-state index is 0.267. The Labute approximate surface area is 164 Å². The summed E-state index contributed by atoms with van der Waals surface area (Å²) in [5.74, 6) is 0.821. The lowest BCUT2D eigenvalue weighted by Gasteiger charge is -2.18. The van der Waals surface area contributed by atoms with Crippen LogP contribution in [0.2, 0.25) is 0 Å². The zero-order chi connectivity index (χ0) is 20.5. The zero-order valence-electron chi connectivity index (χ0n) is 16.4. The molecule has 0 spiro atoms. The highest BCUT2D eigenvalue weighted by molar-refractivity contribution is 5.84. The van der Waals surface area contributed by atoms with Gasteiger partial charge in [0.15, 0.2) is 12.2 Å². The van der Waals surface area contributed by atoms with Crippen LogP contribution < -0.4 is 19.5 Å². The van der Waals surface area contributed by atoms with Crippen molar-refractivity contribution in [1.82, 2.24) is 5.32 Å². The molecular weight excluding hydrogens is 362 g/mol. The number of esters is 1. The van der Waals surface area contributed by atoms with Gasteiger partial charge in [-0.2, -0.15) is 0 Å². The number of methoxy groups -OCH3 is 2. The highest BCUT2D eigenvalue weighted by Crippen LogP contribution is 2.19. The highest BCUT2D eigenvalue weighted by atomic mass is 16.6. The quantitative estimate of drug-likeness (QED) is 0.666. The van der Waals surface area contributed by atoms with Crippen LogP contribution in [0.3, 0.4) is 0 Å². The maximum Gasteiger partial charge on any atom is 0.347 e. The molecule has 2 aromatic rings. The molecule has 0 aliphatic carbocycles. The highest BCUT2D eigenvalue weighted by Gasteiger charge is 2.23. The number of benzene rings is 2. The van der Waals surface area contributed by atoms with Crippen molar-refractivity contribution in [1.29, 1.82) is 0 Å². The predicted molar refractivity (Wildman–Crippen MR) is 103 cm³/mol. The van der Waals surface area contributed by atoms with Crippen LogP contribution in [0.15, 0.2) is 48.5 Å². The van der Waals surface area contributed by atoms with Crippen LogP contribution in [-0.4, -0.2) is 38.3 Å². The van der Waals surface area contributed by atoms with Crippen molar-refractivity contribution in [2.45, 2.75) is 32.6 Å². The Morgan fingerprint density at radius 3 is 2.18 bits per heavy atom. The smallest absolute Gasteiger partial charge is 0.347 e. The first kappa shape index (κ1) is 21.1. The average Bonchev–Trinajstić information content (AvgIpc) is 2.72. The maximum atomic E-state index is 12.2. The molecule has 0 bridgehead atoms. The van der Waals surface area contributed by atoms with E-state index in [9.17, 15) is 9.59 Å². The number of ether oxygens (including phenoxy) is 4. The largest absolute Gasteiger partial charge is 0.497 e. The first-order valence-electron chi connectivity index (χ1n) is 8.85. The van der Waals surface area contributed by atoms with Crippen LogP contribution in [0.4, 0.5) is 0 Å². The summed E-state index contributed by atoms with van der Waals surface area (Å²) in [6, 6.07) is 14.2. The van der Waals surface area contributed by atoms with E-state index in [2.05, 4.69) is 5.32 Å². The second-order valence-electron chi connectivity index (χ2n) is 6.04. The number of hydrogen-bond acceptors (Lipinski definition) is 6. The molecule has 7 heteroatoms. The molecule has 0 fully saturated rings.